The number of hydrogen-bond acceptors (Lipinski definition) is 5. The highest BCUT2D eigenvalue weighted by molar-refractivity contribution is 7.47. The van der Waals surface area contributed by atoms with Crippen LogP contribution in [0.25, 0.3) is 0 Å². The van der Waals surface area contributed by atoms with Gasteiger partial charge in [0.2, 0.25) is 0 Å². The van der Waals surface area contributed by atoms with Crippen molar-refractivity contribution in [3.8, 4) is 0 Å². The van der Waals surface area contributed by atoms with Gasteiger partial charge in [0.05, 0.1) is 27.7 Å². The maximum atomic E-state index is 11.5. The average Bonchev–Trinajstić information content (AvgIpc) is 2.24. The van der Waals surface area contributed by atoms with Gasteiger partial charge in [-0.1, -0.05) is 6.58 Å². The van der Waals surface area contributed by atoms with Crippen LogP contribution in [-0.4, -0.2) is 62.4 Å². The van der Waals surface area contributed by atoms with Crippen LogP contribution in [0.4, 0.5) is 0 Å². The zero-order valence-corrected chi connectivity index (χ0v) is 12.8. The summed E-state index contributed by atoms with van der Waals surface area (Å²) in [5.74, 6) is -0.616. The van der Waals surface area contributed by atoms with E-state index in [9.17, 15) is 14.3 Å². The monoisotopic (exact) mass is 296 g/mol. The first kappa shape index (κ1) is 18.3. The summed E-state index contributed by atoms with van der Waals surface area (Å²) in [7, 11) is 1.69. The molecule has 0 amide bonds. The van der Waals surface area contributed by atoms with Crippen LogP contribution in [0.1, 0.15) is 6.92 Å². The molecule has 1 N–H and O–H groups in total. The SMILES string of the molecule is C=CC(=O)OC(C)COP(=O)(O)OCC[N+](C)(C)C. The van der Waals surface area contributed by atoms with Gasteiger partial charge in [-0.2, -0.15) is 0 Å². The van der Waals surface area contributed by atoms with Crippen molar-refractivity contribution in [3.63, 3.8) is 0 Å². The van der Waals surface area contributed by atoms with E-state index in [4.69, 9.17) is 13.8 Å². The summed E-state index contributed by atoms with van der Waals surface area (Å²) in [6.07, 6.45) is 0.347. The molecule has 8 heteroatoms. The molecular weight excluding hydrogens is 273 g/mol. The Hall–Kier alpha value is -0.720. The molecule has 0 heterocycles. The van der Waals surface area contributed by atoms with Crippen LogP contribution in [0.5, 0.6) is 0 Å². The van der Waals surface area contributed by atoms with Crippen molar-refractivity contribution in [3.05, 3.63) is 12.7 Å². The van der Waals surface area contributed by atoms with Crippen molar-refractivity contribution in [2.75, 3.05) is 40.9 Å². The lowest BCUT2D eigenvalue weighted by molar-refractivity contribution is -0.870. The molecule has 7 nitrogen and oxygen atoms in total. The van der Waals surface area contributed by atoms with Gasteiger partial charge < -0.3 is 14.1 Å². The summed E-state index contributed by atoms with van der Waals surface area (Å²) in [6, 6.07) is 0. The van der Waals surface area contributed by atoms with Gasteiger partial charge in [0.1, 0.15) is 19.3 Å². The Bertz CT molecular complexity index is 352. The van der Waals surface area contributed by atoms with E-state index in [2.05, 4.69) is 6.58 Å². The molecule has 0 fully saturated rings. The number of carbonyl (C=O) groups is 1. The predicted molar refractivity (Wildman–Crippen MR) is 70.4 cm³/mol. The van der Waals surface area contributed by atoms with Crippen LogP contribution >= 0.6 is 7.82 Å². The smallest absolute Gasteiger partial charge is 0.457 e. The standard InChI is InChI=1S/C11H22NO6P/c1-6-11(13)18-10(2)9-17-19(14,15)16-8-7-12(3,4)5/h6,10H,1,7-9H2,2-5H3/p+1. The normalized spacial score (nSPS) is 16.5. The number of nitrogens with zero attached hydrogens (tertiary/aromatic N) is 1. The molecule has 0 saturated heterocycles. The molecule has 112 valence electrons. The lowest BCUT2D eigenvalue weighted by atomic mass is 10.4. The number of quaternary nitrogens is 1. The molecule has 0 aromatic heterocycles. The van der Waals surface area contributed by atoms with Crippen LogP contribution in [0, 0.1) is 0 Å². The van der Waals surface area contributed by atoms with Crippen molar-refractivity contribution in [1.82, 2.24) is 0 Å². The Kier molecular flexibility index (Phi) is 7.47. The number of hydrogen-bond donors (Lipinski definition) is 1. The van der Waals surface area contributed by atoms with Crippen molar-refractivity contribution < 1.29 is 32.5 Å². The van der Waals surface area contributed by atoms with E-state index >= 15 is 0 Å². The molecule has 2 atom stereocenters. The quantitative estimate of drug-likeness (QED) is 0.295. The fourth-order valence-corrected chi connectivity index (χ4v) is 1.73. The largest absolute Gasteiger partial charge is 0.472 e. The molecule has 0 aliphatic heterocycles. The number of esters is 1. The summed E-state index contributed by atoms with van der Waals surface area (Å²) >= 11 is 0. The molecule has 0 bridgehead atoms. The van der Waals surface area contributed by atoms with Gasteiger partial charge in [0.25, 0.3) is 0 Å². The Balaban J connectivity index is 3.99. The van der Waals surface area contributed by atoms with E-state index in [1.54, 1.807) is 0 Å². The molecule has 0 aromatic rings. The van der Waals surface area contributed by atoms with E-state index in [1.165, 1.54) is 6.92 Å². The highest BCUT2D eigenvalue weighted by Crippen LogP contribution is 2.43. The summed E-state index contributed by atoms with van der Waals surface area (Å²) < 4.78 is 26.4. The molecule has 0 aromatic carbocycles. The maximum Gasteiger partial charge on any atom is 0.472 e. The molecule has 19 heavy (non-hydrogen) atoms. The second-order valence-electron chi connectivity index (χ2n) is 5.06. The summed E-state index contributed by atoms with van der Waals surface area (Å²) in [5, 5.41) is 0. The molecule has 0 aliphatic carbocycles. The van der Waals surface area contributed by atoms with Gasteiger partial charge in [-0.05, 0) is 6.92 Å². The minimum atomic E-state index is -4.11. The van der Waals surface area contributed by atoms with E-state index in [-0.39, 0.29) is 13.2 Å². The van der Waals surface area contributed by atoms with E-state index < -0.39 is 19.9 Å². The zero-order valence-electron chi connectivity index (χ0n) is 11.9. The fraction of sp³-hybridized carbons (Fsp3) is 0.727. The first-order chi connectivity index (χ1) is 8.56. The van der Waals surface area contributed by atoms with Crippen LogP contribution < -0.4 is 0 Å². The Morgan fingerprint density at radius 1 is 1.42 bits per heavy atom. The number of carbonyl (C=O) groups excluding carboxylic acids is 1. The van der Waals surface area contributed by atoms with Gasteiger partial charge in [-0.25, -0.2) is 9.36 Å². The number of likely N-dealkylation sites (N-methyl/N-ethyl adjacent to an activating group) is 1. The van der Waals surface area contributed by atoms with Crippen molar-refractivity contribution in [1.29, 1.82) is 0 Å². The van der Waals surface area contributed by atoms with Gasteiger partial charge >= 0.3 is 13.8 Å². The van der Waals surface area contributed by atoms with Crippen molar-refractivity contribution >= 4 is 13.8 Å². The van der Waals surface area contributed by atoms with Crippen LogP contribution in [0.15, 0.2) is 12.7 Å². The van der Waals surface area contributed by atoms with Gasteiger partial charge in [-0.15, -0.1) is 0 Å². The van der Waals surface area contributed by atoms with Crippen LogP contribution in [-0.2, 0) is 23.1 Å². The van der Waals surface area contributed by atoms with Crippen LogP contribution in [0.2, 0.25) is 0 Å². The van der Waals surface area contributed by atoms with Crippen LogP contribution in [0.3, 0.4) is 0 Å². The molecule has 0 radical (unpaired) electrons. The molecular formula is C11H23NO6P+. The third-order valence-electron chi connectivity index (χ3n) is 1.97. The highest BCUT2D eigenvalue weighted by atomic mass is 31.2. The highest BCUT2D eigenvalue weighted by Gasteiger charge is 2.24. The number of phosphoric ester groups is 1. The minimum absolute atomic E-state index is 0.0953. The first-order valence-electron chi connectivity index (χ1n) is 5.81. The molecule has 0 rings (SSSR count). The van der Waals surface area contributed by atoms with Gasteiger partial charge in [0, 0.05) is 6.08 Å². The third kappa shape index (κ3) is 10.9. The molecule has 0 saturated carbocycles. The second kappa shape index (κ2) is 7.77. The maximum absolute atomic E-state index is 11.5. The zero-order chi connectivity index (χ0) is 15.1. The lowest BCUT2D eigenvalue weighted by Gasteiger charge is -2.24. The van der Waals surface area contributed by atoms with Gasteiger partial charge in [0.15, 0.2) is 0 Å². The Morgan fingerprint density at radius 3 is 2.47 bits per heavy atom. The van der Waals surface area contributed by atoms with Gasteiger partial charge in [-0.3, -0.25) is 9.05 Å². The number of phosphoric acid groups is 1. The lowest BCUT2D eigenvalue weighted by Crippen LogP contribution is -2.37. The Labute approximate surface area is 114 Å². The minimum Gasteiger partial charge on any atom is -0.457 e. The fourth-order valence-electron chi connectivity index (χ4n) is 0.947. The van der Waals surface area contributed by atoms with E-state index in [0.717, 1.165) is 6.08 Å². The molecule has 0 spiro atoms. The molecule has 0 aliphatic rings. The average molecular weight is 296 g/mol. The van der Waals surface area contributed by atoms with Crippen molar-refractivity contribution in [2.45, 2.75) is 13.0 Å². The first-order valence-corrected chi connectivity index (χ1v) is 7.30. The summed E-state index contributed by atoms with van der Waals surface area (Å²) in [4.78, 5) is 20.3. The Morgan fingerprint density at radius 2 is 2.00 bits per heavy atom. The van der Waals surface area contributed by atoms with E-state index in [0.29, 0.717) is 11.0 Å². The topological polar surface area (TPSA) is 82.1 Å². The summed E-state index contributed by atoms with van der Waals surface area (Å²) in [6.45, 7) is 5.21. The number of ether oxygens (including phenoxy) is 1. The third-order valence-corrected chi connectivity index (χ3v) is 2.96. The number of rotatable bonds is 9. The molecule has 2 unspecified atom stereocenters. The second-order valence-corrected chi connectivity index (χ2v) is 6.52. The summed E-state index contributed by atoms with van der Waals surface area (Å²) in [5.41, 5.74) is 0. The van der Waals surface area contributed by atoms with Crippen molar-refractivity contribution in [2.24, 2.45) is 0 Å². The predicted octanol–water partition coefficient (Wildman–Crippen LogP) is 0.944. The van der Waals surface area contributed by atoms with E-state index in [1.807, 2.05) is 21.1 Å².